The van der Waals surface area contributed by atoms with E-state index in [0.717, 1.165) is 42.0 Å². The minimum absolute atomic E-state index is 0.0235. The number of nitrogens with one attached hydrogen (secondary N) is 2. The van der Waals surface area contributed by atoms with Crippen molar-refractivity contribution in [1.29, 1.82) is 0 Å². The van der Waals surface area contributed by atoms with Gasteiger partial charge in [-0.1, -0.05) is 18.2 Å². The van der Waals surface area contributed by atoms with Crippen LogP contribution in [0.1, 0.15) is 21.5 Å². The second-order valence-electron chi connectivity index (χ2n) is 5.37. The van der Waals surface area contributed by atoms with Gasteiger partial charge < -0.3 is 15.4 Å². The second-order valence-corrected chi connectivity index (χ2v) is 5.37. The number of methoxy groups -OCH3 is 1. The maximum atomic E-state index is 12.2. The second kappa shape index (κ2) is 6.52. The topological polar surface area (TPSA) is 50.4 Å². The van der Waals surface area contributed by atoms with E-state index in [9.17, 15) is 4.79 Å². The van der Waals surface area contributed by atoms with Crippen LogP contribution in [-0.4, -0.2) is 26.1 Å². The average molecular weight is 296 g/mol. The Labute approximate surface area is 130 Å². The summed E-state index contributed by atoms with van der Waals surface area (Å²) in [6.45, 7) is 1.54. The summed E-state index contributed by atoms with van der Waals surface area (Å²) in [6, 6.07) is 13.7. The zero-order valence-corrected chi connectivity index (χ0v) is 12.7. The molecule has 0 aliphatic carbocycles. The first kappa shape index (κ1) is 14.4. The Bertz CT molecular complexity index is 683. The van der Waals surface area contributed by atoms with E-state index < -0.39 is 0 Å². The van der Waals surface area contributed by atoms with Crippen molar-refractivity contribution >= 4 is 11.6 Å². The van der Waals surface area contributed by atoms with Gasteiger partial charge >= 0.3 is 0 Å². The molecule has 0 atom stereocenters. The molecule has 0 spiro atoms. The number of fused-ring (bicyclic) bond motifs is 1. The van der Waals surface area contributed by atoms with Gasteiger partial charge in [0, 0.05) is 24.3 Å². The van der Waals surface area contributed by atoms with E-state index in [2.05, 4.69) is 10.6 Å². The first-order valence-corrected chi connectivity index (χ1v) is 7.55. The van der Waals surface area contributed by atoms with Crippen molar-refractivity contribution in [1.82, 2.24) is 5.32 Å². The Kier molecular flexibility index (Phi) is 4.28. The predicted octanol–water partition coefficient (Wildman–Crippen LogP) is 2.64. The molecule has 0 saturated carbocycles. The molecule has 0 bridgehead atoms. The molecule has 0 unspecified atom stereocenters. The molecule has 1 heterocycles. The number of hydrogen-bond acceptors (Lipinski definition) is 3. The standard InChI is InChI=1S/C18H20N2O2/c1-22-17-5-3-2-4-13(17)8-11-20-18(21)15-6-7-16-14(12-15)9-10-19-16/h2-7,12,19H,8-11H2,1H3,(H,20,21). The van der Waals surface area contributed by atoms with E-state index in [4.69, 9.17) is 4.74 Å². The SMILES string of the molecule is COc1ccccc1CCNC(=O)c1ccc2c(c1)CCN2. The molecular formula is C18H20N2O2. The number of ether oxygens (including phenoxy) is 1. The molecule has 114 valence electrons. The van der Waals surface area contributed by atoms with E-state index in [1.165, 1.54) is 5.56 Å². The van der Waals surface area contributed by atoms with Crippen LogP contribution in [0.3, 0.4) is 0 Å². The summed E-state index contributed by atoms with van der Waals surface area (Å²) in [6.07, 6.45) is 1.74. The van der Waals surface area contributed by atoms with Crippen LogP contribution >= 0.6 is 0 Å². The van der Waals surface area contributed by atoms with Gasteiger partial charge in [0.05, 0.1) is 7.11 Å². The van der Waals surface area contributed by atoms with Gasteiger partial charge in [-0.25, -0.2) is 0 Å². The molecule has 0 aromatic heterocycles. The van der Waals surface area contributed by atoms with Crippen LogP contribution in [0.5, 0.6) is 5.75 Å². The number of hydrogen-bond donors (Lipinski definition) is 2. The molecule has 0 fully saturated rings. The lowest BCUT2D eigenvalue weighted by molar-refractivity contribution is 0.0954. The molecule has 1 aliphatic heterocycles. The van der Waals surface area contributed by atoms with Crippen molar-refractivity contribution in [3.8, 4) is 5.75 Å². The Morgan fingerprint density at radius 2 is 2.14 bits per heavy atom. The third kappa shape index (κ3) is 3.06. The summed E-state index contributed by atoms with van der Waals surface area (Å²) in [5.41, 5.74) is 4.19. The zero-order valence-electron chi connectivity index (χ0n) is 12.7. The lowest BCUT2D eigenvalue weighted by Gasteiger charge is -2.09. The van der Waals surface area contributed by atoms with E-state index >= 15 is 0 Å². The summed E-state index contributed by atoms with van der Waals surface area (Å²) < 4.78 is 5.32. The third-order valence-electron chi connectivity index (χ3n) is 3.95. The van der Waals surface area contributed by atoms with E-state index in [1.54, 1.807) is 7.11 Å². The molecular weight excluding hydrogens is 276 g/mol. The lowest BCUT2D eigenvalue weighted by atomic mass is 10.1. The van der Waals surface area contributed by atoms with E-state index in [1.807, 2.05) is 42.5 Å². The summed E-state index contributed by atoms with van der Waals surface area (Å²) in [4.78, 5) is 12.2. The Balaban J connectivity index is 1.58. The fourth-order valence-electron chi connectivity index (χ4n) is 2.77. The number of carbonyl (C=O) groups is 1. The summed E-state index contributed by atoms with van der Waals surface area (Å²) in [5.74, 6) is 0.838. The van der Waals surface area contributed by atoms with Crippen molar-refractivity contribution < 1.29 is 9.53 Å². The van der Waals surface area contributed by atoms with Crippen LogP contribution in [0.15, 0.2) is 42.5 Å². The maximum Gasteiger partial charge on any atom is 0.251 e. The van der Waals surface area contributed by atoms with Crippen LogP contribution in [0.4, 0.5) is 5.69 Å². The number of para-hydroxylation sites is 1. The highest BCUT2D eigenvalue weighted by atomic mass is 16.5. The fourth-order valence-corrected chi connectivity index (χ4v) is 2.77. The maximum absolute atomic E-state index is 12.2. The van der Waals surface area contributed by atoms with E-state index in [0.29, 0.717) is 6.54 Å². The van der Waals surface area contributed by atoms with Crippen molar-refractivity contribution in [2.75, 3.05) is 25.5 Å². The normalized spacial score (nSPS) is 12.4. The first-order valence-electron chi connectivity index (χ1n) is 7.55. The van der Waals surface area contributed by atoms with Gasteiger partial charge in [0.1, 0.15) is 5.75 Å². The van der Waals surface area contributed by atoms with Crippen LogP contribution in [0.25, 0.3) is 0 Å². The Hall–Kier alpha value is -2.49. The molecule has 2 N–H and O–H groups in total. The first-order chi connectivity index (χ1) is 10.8. The lowest BCUT2D eigenvalue weighted by Crippen LogP contribution is -2.25. The number of amides is 1. The fraction of sp³-hybridized carbons (Fsp3) is 0.278. The molecule has 2 aromatic carbocycles. The molecule has 0 radical (unpaired) electrons. The highest BCUT2D eigenvalue weighted by Crippen LogP contribution is 2.23. The van der Waals surface area contributed by atoms with Crippen molar-refractivity contribution in [3.63, 3.8) is 0 Å². The highest BCUT2D eigenvalue weighted by Gasteiger charge is 2.13. The van der Waals surface area contributed by atoms with Gasteiger partial charge in [0.25, 0.3) is 5.91 Å². The Morgan fingerprint density at radius 1 is 1.27 bits per heavy atom. The summed E-state index contributed by atoms with van der Waals surface area (Å²) in [5, 5.41) is 6.27. The third-order valence-corrected chi connectivity index (χ3v) is 3.95. The smallest absolute Gasteiger partial charge is 0.251 e. The van der Waals surface area contributed by atoms with Crippen LogP contribution in [0, 0.1) is 0 Å². The van der Waals surface area contributed by atoms with Gasteiger partial charge in [0.2, 0.25) is 0 Å². The van der Waals surface area contributed by atoms with Crippen LogP contribution < -0.4 is 15.4 Å². The minimum Gasteiger partial charge on any atom is -0.496 e. The highest BCUT2D eigenvalue weighted by molar-refractivity contribution is 5.95. The van der Waals surface area contributed by atoms with Crippen LogP contribution in [0.2, 0.25) is 0 Å². The van der Waals surface area contributed by atoms with Crippen molar-refractivity contribution in [2.45, 2.75) is 12.8 Å². The number of anilines is 1. The predicted molar refractivity (Wildman–Crippen MR) is 87.7 cm³/mol. The zero-order chi connectivity index (χ0) is 15.4. The molecule has 2 aromatic rings. The molecule has 1 amide bonds. The molecule has 3 rings (SSSR count). The Morgan fingerprint density at radius 3 is 3.00 bits per heavy atom. The van der Waals surface area contributed by atoms with Gasteiger partial charge in [-0.15, -0.1) is 0 Å². The minimum atomic E-state index is -0.0235. The average Bonchev–Trinajstić information content (AvgIpc) is 3.02. The number of rotatable bonds is 5. The quantitative estimate of drug-likeness (QED) is 0.892. The molecule has 4 nitrogen and oxygen atoms in total. The van der Waals surface area contributed by atoms with Gasteiger partial charge in [-0.05, 0) is 48.2 Å². The molecule has 4 heteroatoms. The summed E-state index contributed by atoms with van der Waals surface area (Å²) in [7, 11) is 1.66. The monoisotopic (exact) mass is 296 g/mol. The molecule has 1 aliphatic rings. The van der Waals surface area contributed by atoms with E-state index in [-0.39, 0.29) is 5.91 Å². The van der Waals surface area contributed by atoms with Crippen molar-refractivity contribution in [3.05, 3.63) is 59.2 Å². The van der Waals surface area contributed by atoms with Crippen LogP contribution in [-0.2, 0) is 12.8 Å². The molecule has 0 saturated heterocycles. The van der Waals surface area contributed by atoms with Gasteiger partial charge in [-0.3, -0.25) is 4.79 Å². The van der Waals surface area contributed by atoms with Gasteiger partial charge in [-0.2, -0.15) is 0 Å². The number of benzene rings is 2. The molecule has 22 heavy (non-hydrogen) atoms. The van der Waals surface area contributed by atoms with Gasteiger partial charge in [0.15, 0.2) is 0 Å². The largest absolute Gasteiger partial charge is 0.496 e. The van der Waals surface area contributed by atoms with Crippen molar-refractivity contribution in [2.24, 2.45) is 0 Å². The summed E-state index contributed by atoms with van der Waals surface area (Å²) >= 11 is 0. The number of carbonyl (C=O) groups excluding carboxylic acids is 1.